The van der Waals surface area contributed by atoms with E-state index in [1.165, 1.54) is 0 Å². The molecule has 0 amide bonds. The Morgan fingerprint density at radius 2 is 2.14 bits per heavy atom. The highest BCUT2D eigenvalue weighted by Crippen LogP contribution is 2.29. The van der Waals surface area contributed by atoms with Gasteiger partial charge < -0.3 is 0 Å². The number of hydrogen-bond acceptors (Lipinski definition) is 2. The van der Waals surface area contributed by atoms with Crippen molar-refractivity contribution in [2.75, 3.05) is 0 Å². The van der Waals surface area contributed by atoms with Crippen molar-refractivity contribution in [3.05, 3.63) is 22.6 Å². The van der Waals surface area contributed by atoms with E-state index >= 15 is 0 Å². The van der Waals surface area contributed by atoms with Crippen LogP contribution in [0.15, 0.2) is 17.3 Å². The predicted octanol–water partition coefficient (Wildman–Crippen LogP) is 3.00. The third kappa shape index (κ3) is 2.60. The molecule has 0 unspecified atom stereocenters. The maximum Gasteiger partial charge on any atom is 0.145 e. The predicted molar refractivity (Wildman–Crippen MR) is 54.7 cm³/mol. The molecule has 0 aliphatic heterocycles. The van der Waals surface area contributed by atoms with Gasteiger partial charge in [0.05, 0.1) is 0 Å². The zero-order chi connectivity index (χ0) is 10.4. The van der Waals surface area contributed by atoms with E-state index in [4.69, 9.17) is 5.53 Å². The van der Waals surface area contributed by atoms with E-state index < -0.39 is 0 Å². The first-order chi connectivity index (χ1) is 6.79. The zero-order valence-electron chi connectivity index (χ0n) is 8.22. The molecule has 14 heavy (non-hydrogen) atoms. The van der Waals surface area contributed by atoms with Crippen LogP contribution in [0.25, 0.3) is 10.4 Å². The molecule has 0 aromatic rings. The fourth-order valence-corrected chi connectivity index (χ4v) is 2.01. The summed E-state index contributed by atoms with van der Waals surface area (Å²) in [6.07, 6.45) is 5.90. The van der Waals surface area contributed by atoms with Gasteiger partial charge in [-0.3, -0.25) is 4.79 Å². The van der Waals surface area contributed by atoms with E-state index in [0.29, 0.717) is 5.57 Å². The summed E-state index contributed by atoms with van der Waals surface area (Å²) in [7, 11) is 0. The molecule has 0 aromatic carbocycles. The smallest absolute Gasteiger partial charge is 0.145 e. The summed E-state index contributed by atoms with van der Waals surface area (Å²) < 4.78 is 0. The molecule has 0 radical (unpaired) electrons. The maximum atomic E-state index is 10.6. The quantitative estimate of drug-likeness (QED) is 0.170. The minimum atomic E-state index is -0.0693. The molecule has 4 heteroatoms. The first-order valence-electron chi connectivity index (χ1n) is 4.97. The number of azide groups is 1. The molecule has 1 fully saturated rings. The van der Waals surface area contributed by atoms with Crippen LogP contribution < -0.4 is 0 Å². The Kier molecular flexibility index (Phi) is 4.20. The van der Waals surface area contributed by atoms with Gasteiger partial charge in [0.25, 0.3) is 0 Å². The second-order valence-corrected chi connectivity index (χ2v) is 3.71. The summed E-state index contributed by atoms with van der Waals surface area (Å²) in [4.78, 5) is 13.5. The molecule has 0 bridgehead atoms. The normalized spacial score (nSPS) is 27.1. The average molecular weight is 193 g/mol. The SMILES string of the molecule is C=C(C=O)[C@@H]1CCCCC[C@@H]1N=[N+]=[N-]. The number of hydrogen-bond donors (Lipinski definition) is 0. The van der Waals surface area contributed by atoms with Crippen molar-refractivity contribution in [3.63, 3.8) is 0 Å². The molecule has 0 spiro atoms. The van der Waals surface area contributed by atoms with E-state index in [2.05, 4.69) is 16.6 Å². The fourth-order valence-electron chi connectivity index (χ4n) is 2.01. The topological polar surface area (TPSA) is 65.8 Å². The summed E-state index contributed by atoms with van der Waals surface area (Å²) >= 11 is 0. The van der Waals surface area contributed by atoms with Crippen LogP contribution in [-0.4, -0.2) is 12.3 Å². The van der Waals surface area contributed by atoms with Crippen LogP contribution in [0, 0.1) is 5.92 Å². The standard InChI is InChI=1S/C10H15N3O/c1-8(7-14)9-5-3-2-4-6-10(9)12-13-11/h7,9-10H,1-6H2/t9-,10-/m0/s1. The molecule has 2 atom stereocenters. The number of carbonyl (C=O) groups is 1. The lowest BCUT2D eigenvalue weighted by atomic mass is 9.89. The molecule has 0 aromatic heterocycles. The summed E-state index contributed by atoms with van der Waals surface area (Å²) in [6.45, 7) is 3.72. The molecule has 1 aliphatic carbocycles. The zero-order valence-corrected chi connectivity index (χ0v) is 8.22. The van der Waals surface area contributed by atoms with Gasteiger partial charge in [-0.15, -0.1) is 0 Å². The van der Waals surface area contributed by atoms with Crippen molar-refractivity contribution in [3.8, 4) is 0 Å². The number of aldehydes is 1. The van der Waals surface area contributed by atoms with Gasteiger partial charge in [0.2, 0.25) is 0 Å². The number of rotatable bonds is 3. The average Bonchev–Trinajstić information content (AvgIpc) is 2.43. The monoisotopic (exact) mass is 193 g/mol. The second kappa shape index (κ2) is 5.45. The Morgan fingerprint density at radius 3 is 2.79 bits per heavy atom. The first kappa shape index (κ1) is 10.8. The molecule has 4 nitrogen and oxygen atoms in total. The Hall–Kier alpha value is -1.28. The van der Waals surface area contributed by atoms with E-state index in [9.17, 15) is 4.79 Å². The van der Waals surface area contributed by atoms with Gasteiger partial charge in [-0.1, -0.05) is 31.0 Å². The van der Waals surface area contributed by atoms with Gasteiger partial charge in [-0.2, -0.15) is 0 Å². The van der Waals surface area contributed by atoms with Crippen LogP contribution in [-0.2, 0) is 4.79 Å². The molecular weight excluding hydrogens is 178 g/mol. The van der Waals surface area contributed by atoms with Crippen LogP contribution in [0.3, 0.4) is 0 Å². The van der Waals surface area contributed by atoms with Crippen molar-refractivity contribution >= 4 is 6.29 Å². The molecule has 0 heterocycles. The van der Waals surface area contributed by atoms with Gasteiger partial charge in [0.15, 0.2) is 0 Å². The van der Waals surface area contributed by atoms with E-state index in [-0.39, 0.29) is 12.0 Å². The van der Waals surface area contributed by atoms with Crippen LogP contribution in [0.1, 0.15) is 32.1 Å². The van der Waals surface area contributed by atoms with Gasteiger partial charge in [-0.25, -0.2) is 0 Å². The highest BCUT2D eigenvalue weighted by atomic mass is 16.1. The largest absolute Gasteiger partial charge is 0.298 e. The highest BCUT2D eigenvalue weighted by molar-refractivity contribution is 5.73. The van der Waals surface area contributed by atoms with E-state index in [1.807, 2.05) is 0 Å². The minimum absolute atomic E-state index is 0.0610. The minimum Gasteiger partial charge on any atom is -0.298 e. The van der Waals surface area contributed by atoms with Crippen molar-refractivity contribution in [1.82, 2.24) is 0 Å². The molecule has 1 aliphatic rings. The fraction of sp³-hybridized carbons (Fsp3) is 0.700. The first-order valence-corrected chi connectivity index (χ1v) is 4.97. The van der Waals surface area contributed by atoms with Crippen molar-refractivity contribution < 1.29 is 4.79 Å². The molecule has 1 rings (SSSR count). The van der Waals surface area contributed by atoms with Gasteiger partial charge in [0.1, 0.15) is 6.29 Å². The number of nitrogens with zero attached hydrogens (tertiary/aromatic N) is 3. The Labute approximate surface area is 83.6 Å². The molecule has 1 saturated carbocycles. The maximum absolute atomic E-state index is 10.6. The van der Waals surface area contributed by atoms with Crippen molar-refractivity contribution in [2.45, 2.75) is 38.1 Å². The number of carbonyl (C=O) groups excluding carboxylic acids is 1. The van der Waals surface area contributed by atoms with Gasteiger partial charge >= 0.3 is 0 Å². The van der Waals surface area contributed by atoms with Crippen LogP contribution >= 0.6 is 0 Å². The molecule has 0 N–H and O–H groups in total. The Bertz CT molecular complexity index is 269. The second-order valence-electron chi connectivity index (χ2n) is 3.71. The Morgan fingerprint density at radius 1 is 1.43 bits per heavy atom. The highest BCUT2D eigenvalue weighted by Gasteiger charge is 2.24. The van der Waals surface area contributed by atoms with Gasteiger partial charge in [-0.05, 0) is 29.9 Å². The van der Waals surface area contributed by atoms with Crippen molar-refractivity contribution in [2.24, 2.45) is 11.0 Å². The van der Waals surface area contributed by atoms with Crippen LogP contribution in [0.5, 0.6) is 0 Å². The van der Waals surface area contributed by atoms with Crippen molar-refractivity contribution in [1.29, 1.82) is 0 Å². The third-order valence-corrected chi connectivity index (χ3v) is 2.81. The molecule has 0 saturated heterocycles. The lowest BCUT2D eigenvalue weighted by Gasteiger charge is -2.19. The van der Waals surface area contributed by atoms with E-state index in [0.717, 1.165) is 38.4 Å². The lowest BCUT2D eigenvalue weighted by Crippen LogP contribution is -2.19. The third-order valence-electron chi connectivity index (χ3n) is 2.81. The summed E-state index contributed by atoms with van der Waals surface area (Å²) in [6, 6.07) is -0.0693. The van der Waals surface area contributed by atoms with Crippen LogP contribution in [0.2, 0.25) is 0 Å². The molecular formula is C10H15N3O. The lowest BCUT2D eigenvalue weighted by molar-refractivity contribution is -0.105. The summed E-state index contributed by atoms with van der Waals surface area (Å²) in [5, 5.41) is 3.75. The summed E-state index contributed by atoms with van der Waals surface area (Å²) in [5.41, 5.74) is 9.00. The van der Waals surface area contributed by atoms with Crippen LogP contribution in [0.4, 0.5) is 0 Å². The molecule has 76 valence electrons. The van der Waals surface area contributed by atoms with E-state index in [1.54, 1.807) is 0 Å². The van der Waals surface area contributed by atoms with Gasteiger partial charge in [0, 0.05) is 11.0 Å². The Balaban J connectivity index is 2.77. The summed E-state index contributed by atoms with van der Waals surface area (Å²) in [5.74, 6) is 0.0610.